The van der Waals surface area contributed by atoms with Crippen molar-refractivity contribution in [1.29, 1.82) is 0 Å². The van der Waals surface area contributed by atoms with E-state index in [0.29, 0.717) is 6.42 Å². The molecule has 0 saturated carbocycles. The average molecular weight is 490 g/mol. The van der Waals surface area contributed by atoms with Gasteiger partial charge >= 0.3 is 0 Å². The third kappa shape index (κ3) is 7.56. The summed E-state index contributed by atoms with van der Waals surface area (Å²) in [6.45, 7) is 4.51. The Morgan fingerprint density at radius 3 is 2.03 bits per heavy atom. The monoisotopic (exact) mass is 488 g/mol. The summed E-state index contributed by atoms with van der Waals surface area (Å²) in [4.78, 5) is 19.7. The molecule has 0 bridgehead atoms. The Morgan fingerprint density at radius 2 is 1.34 bits per heavy atom. The van der Waals surface area contributed by atoms with Crippen LogP contribution in [0, 0.1) is 0 Å². The molecule has 0 atom stereocenters. The quantitative estimate of drug-likeness (QED) is 0.409. The van der Waals surface area contributed by atoms with Crippen LogP contribution >= 0.6 is 36.6 Å². The van der Waals surface area contributed by atoms with Crippen LogP contribution in [0.1, 0.15) is 17.5 Å². The van der Waals surface area contributed by atoms with E-state index in [1.165, 1.54) is 20.9 Å². The van der Waals surface area contributed by atoms with E-state index in [4.69, 9.17) is 0 Å². The van der Waals surface area contributed by atoms with Crippen LogP contribution in [0.4, 0.5) is 0 Å². The predicted octanol–water partition coefficient (Wildman–Crippen LogP) is 5.96. The molecule has 0 aromatic heterocycles. The van der Waals surface area contributed by atoms with Crippen molar-refractivity contribution >= 4 is 42.5 Å². The van der Waals surface area contributed by atoms with Gasteiger partial charge in [0.05, 0.1) is 0 Å². The summed E-state index contributed by atoms with van der Waals surface area (Å²) in [6, 6.07) is 29.4. The lowest BCUT2D eigenvalue weighted by atomic mass is 10.1. The minimum atomic E-state index is 0. The Hall–Kier alpha value is -1.98. The number of rotatable bonds is 7. The van der Waals surface area contributed by atoms with Gasteiger partial charge in [-0.2, -0.15) is 0 Å². The molecule has 32 heavy (non-hydrogen) atoms. The molecule has 0 spiro atoms. The van der Waals surface area contributed by atoms with Gasteiger partial charge in [-0.3, -0.25) is 9.69 Å². The topological polar surface area (TPSA) is 23.6 Å². The molecule has 1 heterocycles. The van der Waals surface area contributed by atoms with Crippen LogP contribution < -0.4 is 0 Å². The van der Waals surface area contributed by atoms with Gasteiger partial charge in [0.1, 0.15) is 0 Å². The molecule has 0 aliphatic carbocycles. The summed E-state index contributed by atoms with van der Waals surface area (Å²) in [7, 11) is 0. The molecule has 6 heteroatoms. The van der Waals surface area contributed by atoms with Gasteiger partial charge in [0.15, 0.2) is 0 Å². The number of carbonyl (C=O) groups is 1. The second-order valence-corrected chi connectivity index (χ2v) is 8.78. The minimum absolute atomic E-state index is 0. The molecule has 0 N–H and O–H groups in total. The van der Waals surface area contributed by atoms with Crippen LogP contribution in [0.25, 0.3) is 0 Å². The van der Waals surface area contributed by atoms with E-state index in [1.54, 1.807) is 11.8 Å². The fourth-order valence-electron chi connectivity index (χ4n) is 3.82. The molecule has 4 rings (SSSR count). The molecule has 1 amide bonds. The van der Waals surface area contributed by atoms with Crippen molar-refractivity contribution in [2.75, 3.05) is 26.2 Å². The number of halogens is 2. The van der Waals surface area contributed by atoms with Gasteiger partial charge < -0.3 is 4.90 Å². The van der Waals surface area contributed by atoms with Crippen LogP contribution in [-0.2, 0) is 17.8 Å². The first-order chi connectivity index (χ1) is 14.8. The summed E-state index contributed by atoms with van der Waals surface area (Å²) < 4.78 is 0. The lowest BCUT2D eigenvalue weighted by Gasteiger charge is -2.35. The Balaban J connectivity index is 0.00000181. The zero-order valence-corrected chi connectivity index (χ0v) is 20.5. The van der Waals surface area contributed by atoms with E-state index in [1.807, 2.05) is 11.0 Å². The SMILES string of the molecule is Cl.Cl.O=C(CCc1ccccc1Sc1ccccc1)N1CCN(Cc2ccccc2)CC1. The molecule has 1 aliphatic heterocycles. The van der Waals surface area contributed by atoms with E-state index in [2.05, 4.69) is 83.8 Å². The highest BCUT2D eigenvalue weighted by atomic mass is 35.5. The maximum absolute atomic E-state index is 12.8. The van der Waals surface area contributed by atoms with Crippen molar-refractivity contribution in [2.45, 2.75) is 29.2 Å². The Morgan fingerprint density at radius 1 is 0.750 bits per heavy atom. The lowest BCUT2D eigenvalue weighted by molar-refractivity contribution is -0.133. The third-order valence-electron chi connectivity index (χ3n) is 5.53. The van der Waals surface area contributed by atoms with Crippen molar-refractivity contribution in [3.8, 4) is 0 Å². The van der Waals surface area contributed by atoms with Crippen LogP contribution in [0.5, 0.6) is 0 Å². The zero-order chi connectivity index (χ0) is 20.6. The molecule has 1 fully saturated rings. The van der Waals surface area contributed by atoms with E-state index in [0.717, 1.165) is 39.1 Å². The minimum Gasteiger partial charge on any atom is -0.340 e. The van der Waals surface area contributed by atoms with Crippen LogP contribution in [0.2, 0.25) is 0 Å². The first-order valence-corrected chi connectivity index (χ1v) is 11.4. The highest BCUT2D eigenvalue weighted by Crippen LogP contribution is 2.30. The summed E-state index contributed by atoms with van der Waals surface area (Å²) in [5.41, 5.74) is 2.59. The van der Waals surface area contributed by atoms with Gasteiger partial charge in [0.2, 0.25) is 5.91 Å². The van der Waals surface area contributed by atoms with Gasteiger partial charge in [-0.1, -0.05) is 78.5 Å². The van der Waals surface area contributed by atoms with Crippen molar-refractivity contribution in [3.63, 3.8) is 0 Å². The molecule has 0 radical (unpaired) electrons. The number of aryl methyl sites for hydroxylation is 1. The normalized spacial score (nSPS) is 13.7. The number of carbonyl (C=O) groups excluding carboxylic acids is 1. The van der Waals surface area contributed by atoms with Gasteiger partial charge in [-0.05, 0) is 35.7 Å². The standard InChI is InChI=1S/C26H28N2OS.2ClH/c29-26(28-19-17-27(18-20-28)21-22-9-3-1-4-10-22)16-15-23-11-7-8-14-25(23)30-24-12-5-2-6-13-24;;/h1-14H,15-21H2;2*1H. The van der Waals surface area contributed by atoms with Crippen LogP contribution in [-0.4, -0.2) is 41.9 Å². The summed E-state index contributed by atoms with van der Waals surface area (Å²) in [5.74, 6) is 0.272. The van der Waals surface area contributed by atoms with Crippen molar-refractivity contribution < 1.29 is 4.79 Å². The maximum atomic E-state index is 12.8. The van der Waals surface area contributed by atoms with Crippen molar-refractivity contribution in [1.82, 2.24) is 9.80 Å². The molecular weight excluding hydrogens is 459 g/mol. The van der Waals surface area contributed by atoms with E-state index in [9.17, 15) is 4.79 Å². The second kappa shape index (κ2) is 13.5. The van der Waals surface area contributed by atoms with Crippen molar-refractivity contribution in [2.24, 2.45) is 0 Å². The summed E-state index contributed by atoms with van der Waals surface area (Å²) >= 11 is 1.77. The summed E-state index contributed by atoms with van der Waals surface area (Å²) in [6.07, 6.45) is 1.37. The number of amides is 1. The molecule has 3 aromatic carbocycles. The first kappa shape index (κ1) is 26.3. The van der Waals surface area contributed by atoms with Gasteiger partial charge in [-0.15, -0.1) is 24.8 Å². The molecule has 3 aromatic rings. The smallest absolute Gasteiger partial charge is 0.222 e. The highest BCUT2D eigenvalue weighted by molar-refractivity contribution is 7.99. The number of hydrogen-bond acceptors (Lipinski definition) is 3. The average Bonchev–Trinajstić information content (AvgIpc) is 2.80. The predicted molar refractivity (Wildman–Crippen MR) is 138 cm³/mol. The summed E-state index contributed by atoms with van der Waals surface area (Å²) in [5, 5.41) is 0. The van der Waals surface area contributed by atoms with Gasteiger partial charge in [-0.25, -0.2) is 0 Å². The molecule has 0 unspecified atom stereocenters. The highest BCUT2D eigenvalue weighted by Gasteiger charge is 2.21. The fraction of sp³-hybridized carbons (Fsp3) is 0.269. The number of hydrogen-bond donors (Lipinski definition) is 0. The second-order valence-electron chi connectivity index (χ2n) is 7.67. The number of benzene rings is 3. The van der Waals surface area contributed by atoms with Crippen molar-refractivity contribution in [3.05, 3.63) is 96.1 Å². The third-order valence-corrected chi connectivity index (χ3v) is 6.65. The van der Waals surface area contributed by atoms with Gasteiger partial charge in [0.25, 0.3) is 0 Å². The molecular formula is C26H30Cl2N2OS. The fourth-order valence-corrected chi connectivity index (χ4v) is 4.82. The zero-order valence-electron chi connectivity index (χ0n) is 18.1. The molecule has 170 valence electrons. The lowest BCUT2D eigenvalue weighted by Crippen LogP contribution is -2.48. The van der Waals surface area contributed by atoms with Crippen LogP contribution in [0.3, 0.4) is 0 Å². The number of piperazine rings is 1. The number of nitrogens with zero attached hydrogens (tertiary/aromatic N) is 2. The Labute approximate surface area is 208 Å². The van der Waals surface area contributed by atoms with E-state index >= 15 is 0 Å². The largest absolute Gasteiger partial charge is 0.340 e. The van der Waals surface area contributed by atoms with Crippen LogP contribution in [0.15, 0.2) is 94.7 Å². The molecule has 1 saturated heterocycles. The van der Waals surface area contributed by atoms with E-state index in [-0.39, 0.29) is 30.7 Å². The van der Waals surface area contributed by atoms with Gasteiger partial charge in [0, 0.05) is 48.9 Å². The first-order valence-electron chi connectivity index (χ1n) is 10.6. The maximum Gasteiger partial charge on any atom is 0.222 e. The van der Waals surface area contributed by atoms with E-state index < -0.39 is 0 Å². The molecule has 1 aliphatic rings. The molecule has 3 nitrogen and oxygen atoms in total. The Kier molecular flexibility index (Phi) is 11.1. The Bertz CT molecular complexity index is 948.